The fraction of sp³-hybridized carbons (Fsp3) is 0.647. The minimum absolute atomic E-state index is 0.294. The molecule has 1 fully saturated rings. The molecule has 1 aliphatic heterocycles. The lowest BCUT2D eigenvalue weighted by Gasteiger charge is -2.37. The number of halogens is 1. The van der Waals surface area contributed by atoms with Crippen LogP contribution in [0.3, 0.4) is 0 Å². The highest BCUT2D eigenvalue weighted by molar-refractivity contribution is 6.47. The molecule has 1 aromatic carbocycles. The zero-order valence-electron chi connectivity index (χ0n) is 14.3. The second kappa shape index (κ2) is 7.20. The van der Waals surface area contributed by atoms with Crippen LogP contribution in [0.15, 0.2) is 18.2 Å². The molecule has 0 spiro atoms. The standard InChI is InChI=1S/C17H25BFO4/c1-16(2,20)17(3,4)23-18-14-9-13(5-6-15(14)19)22-11-12-7-8-21-10-12/h5-6,9,12,20H,7-8,10-11H2,1-4H3. The molecule has 0 bridgehead atoms. The van der Waals surface area contributed by atoms with Gasteiger partial charge in [0.2, 0.25) is 0 Å². The fourth-order valence-corrected chi connectivity index (χ4v) is 1.99. The molecule has 1 aliphatic rings. The highest BCUT2D eigenvalue weighted by atomic mass is 19.1. The van der Waals surface area contributed by atoms with Gasteiger partial charge in [-0.25, -0.2) is 4.39 Å². The third-order valence-electron chi connectivity index (χ3n) is 4.43. The summed E-state index contributed by atoms with van der Waals surface area (Å²) in [6.07, 6.45) is 0.989. The Hall–Kier alpha value is -1.11. The third kappa shape index (κ3) is 4.93. The van der Waals surface area contributed by atoms with Gasteiger partial charge in [-0.05, 0) is 57.8 Å². The van der Waals surface area contributed by atoms with Gasteiger partial charge in [0.15, 0.2) is 0 Å². The van der Waals surface area contributed by atoms with Crippen LogP contribution >= 0.6 is 0 Å². The predicted octanol–water partition coefficient (Wildman–Crippen LogP) is 2.05. The first-order valence-electron chi connectivity index (χ1n) is 7.92. The van der Waals surface area contributed by atoms with Gasteiger partial charge in [0.1, 0.15) is 11.6 Å². The Bertz CT molecular complexity index is 522. The Morgan fingerprint density at radius 2 is 2.09 bits per heavy atom. The summed E-state index contributed by atoms with van der Waals surface area (Å²) in [5, 5.41) is 10.1. The Balaban J connectivity index is 1.97. The highest BCUT2D eigenvalue weighted by Crippen LogP contribution is 2.24. The molecule has 6 heteroatoms. The van der Waals surface area contributed by atoms with Crippen LogP contribution in [0.1, 0.15) is 34.1 Å². The van der Waals surface area contributed by atoms with E-state index in [2.05, 4.69) is 0 Å². The van der Waals surface area contributed by atoms with Gasteiger partial charge in [0.05, 0.1) is 24.4 Å². The van der Waals surface area contributed by atoms with E-state index in [1.54, 1.807) is 39.8 Å². The number of hydrogen-bond acceptors (Lipinski definition) is 4. The van der Waals surface area contributed by atoms with Crippen LogP contribution in [-0.2, 0) is 9.39 Å². The minimum atomic E-state index is -1.06. The minimum Gasteiger partial charge on any atom is -0.493 e. The molecule has 1 N–H and O–H groups in total. The Morgan fingerprint density at radius 3 is 2.70 bits per heavy atom. The van der Waals surface area contributed by atoms with Crippen molar-refractivity contribution in [1.29, 1.82) is 0 Å². The summed E-state index contributed by atoms with van der Waals surface area (Å²) < 4.78 is 30.6. The van der Waals surface area contributed by atoms with Crippen molar-refractivity contribution >= 4 is 12.9 Å². The lowest BCUT2D eigenvalue weighted by atomic mass is 9.82. The summed E-state index contributed by atoms with van der Waals surface area (Å²) in [5.41, 5.74) is -1.61. The van der Waals surface area contributed by atoms with Crippen LogP contribution in [0, 0.1) is 11.7 Å². The topological polar surface area (TPSA) is 47.9 Å². The van der Waals surface area contributed by atoms with Crippen molar-refractivity contribution in [1.82, 2.24) is 0 Å². The highest BCUT2D eigenvalue weighted by Gasteiger charge is 2.36. The molecule has 1 atom stereocenters. The number of rotatable bonds is 7. The van der Waals surface area contributed by atoms with E-state index in [0.29, 0.717) is 30.3 Å². The van der Waals surface area contributed by atoms with Crippen LogP contribution in [-0.4, -0.2) is 43.6 Å². The summed E-state index contributed by atoms with van der Waals surface area (Å²) in [5.74, 6) is 0.583. The summed E-state index contributed by atoms with van der Waals surface area (Å²) in [6.45, 7) is 8.85. The van der Waals surface area contributed by atoms with Crippen molar-refractivity contribution in [2.24, 2.45) is 5.92 Å². The lowest BCUT2D eigenvalue weighted by Crippen LogP contribution is -2.49. The van der Waals surface area contributed by atoms with Crippen molar-refractivity contribution < 1.29 is 23.6 Å². The number of ether oxygens (including phenoxy) is 2. The van der Waals surface area contributed by atoms with Gasteiger partial charge in [0.25, 0.3) is 0 Å². The molecule has 1 radical (unpaired) electrons. The molecule has 0 aliphatic carbocycles. The van der Waals surface area contributed by atoms with Crippen molar-refractivity contribution in [2.75, 3.05) is 19.8 Å². The van der Waals surface area contributed by atoms with Gasteiger partial charge in [-0.2, -0.15) is 0 Å². The van der Waals surface area contributed by atoms with Crippen molar-refractivity contribution in [3.63, 3.8) is 0 Å². The van der Waals surface area contributed by atoms with Gasteiger partial charge in [-0.3, -0.25) is 0 Å². The zero-order chi connectivity index (χ0) is 17.1. The summed E-state index contributed by atoms with van der Waals surface area (Å²) in [7, 11) is 1.33. The van der Waals surface area contributed by atoms with E-state index in [1.165, 1.54) is 13.5 Å². The zero-order valence-corrected chi connectivity index (χ0v) is 14.3. The monoisotopic (exact) mass is 323 g/mol. The smallest absolute Gasteiger partial charge is 0.334 e. The van der Waals surface area contributed by atoms with E-state index in [1.807, 2.05) is 0 Å². The van der Waals surface area contributed by atoms with Crippen molar-refractivity contribution in [3.05, 3.63) is 24.0 Å². The molecule has 23 heavy (non-hydrogen) atoms. The van der Waals surface area contributed by atoms with Crippen LogP contribution < -0.4 is 10.2 Å². The maximum absolute atomic E-state index is 13.9. The molecule has 0 aromatic heterocycles. The van der Waals surface area contributed by atoms with E-state index in [-0.39, 0.29) is 0 Å². The molecule has 4 nitrogen and oxygen atoms in total. The van der Waals surface area contributed by atoms with E-state index in [4.69, 9.17) is 14.1 Å². The molecule has 0 amide bonds. The number of hydrogen-bond donors (Lipinski definition) is 1. The summed E-state index contributed by atoms with van der Waals surface area (Å²) in [6, 6.07) is 4.56. The first kappa shape index (κ1) is 18.2. The average Bonchev–Trinajstić information content (AvgIpc) is 2.97. The average molecular weight is 323 g/mol. The molecule has 127 valence electrons. The Labute approximate surface area is 138 Å². The SMILES string of the molecule is CC(C)(O)C(C)(C)O[B]c1cc(OCC2CCOC2)ccc1F. The predicted molar refractivity (Wildman–Crippen MR) is 87.7 cm³/mol. The summed E-state index contributed by atoms with van der Waals surface area (Å²) in [4.78, 5) is 0. The van der Waals surface area contributed by atoms with E-state index >= 15 is 0 Å². The molecule has 1 aromatic rings. The second-order valence-corrected chi connectivity index (χ2v) is 7.03. The Kier molecular flexibility index (Phi) is 5.71. The first-order valence-corrected chi connectivity index (χ1v) is 7.92. The largest absolute Gasteiger partial charge is 0.493 e. The van der Waals surface area contributed by atoms with Gasteiger partial charge < -0.3 is 19.2 Å². The van der Waals surface area contributed by atoms with Gasteiger partial charge in [-0.1, -0.05) is 0 Å². The van der Waals surface area contributed by atoms with Crippen LogP contribution in [0.4, 0.5) is 4.39 Å². The Morgan fingerprint density at radius 1 is 1.35 bits per heavy atom. The van der Waals surface area contributed by atoms with Gasteiger partial charge in [-0.15, -0.1) is 0 Å². The van der Waals surface area contributed by atoms with Crippen molar-refractivity contribution in [3.8, 4) is 5.75 Å². The fourth-order valence-electron chi connectivity index (χ4n) is 1.99. The molecule has 1 saturated heterocycles. The van der Waals surface area contributed by atoms with E-state index < -0.39 is 17.0 Å². The molecule has 1 heterocycles. The molecular weight excluding hydrogens is 298 g/mol. The lowest BCUT2D eigenvalue weighted by molar-refractivity contribution is -0.0893. The molecule has 2 rings (SSSR count). The van der Waals surface area contributed by atoms with Gasteiger partial charge in [0, 0.05) is 12.5 Å². The third-order valence-corrected chi connectivity index (χ3v) is 4.43. The number of benzene rings is 1. The van der Waals surface area contributed by atoms with Crippen LogP contribution in [0.2, 0.25) is 0 Å². The maximum Gasteiger partial charge on any atom is 0.334 e. The quantitative estimate of drug-likeness (QED) is 0.780. The van der Waals surface area contributed by atoms with E-state index in [0.717, 1.165) is 13.0 Å². The first-order chi connectivity index (χ1) is 10.7. The van der Waals surface area contributed by atoms with E-state index in [9.17, 15) is 9.50 Å². The molecule has 0 saturated carbocycles. The van der Waals surface area contributed by atoms with Crippen molar-refractivity contribution in [2.45, 2.75) is 45.3 Å². The van der Waals surface area contributed by atoms with Gasteiger partial charge >= 0.3 is 7.48 Å². The molecular formula is C17H25BFO4. The molecule has 1 unspecified atom stereocenters. The normalized spacial score (nSPS) is 19.0. The van der Waals surface area contributed by atoms with Crippen LogP contribution in [0.5, 0.6) is 5.75 Å². The maximum atomic E-state index is 13.9. The number of aliphatic hydroxyl groups is 1. The van der Waals surface area contributed by atoms with Crippen LogP contribution in [0.25, 0.3) is 0 Å². The second-order valence-electron chi connectivity index (χ2n) is 7.03. The summed E-state index contributed by atoms with van der Waals surface area (Å²) >= 11 is 0.